The van der Waals surface area contributed by atoms with E-state index in [1.54, 1.807) is 0 Å². The van der Waals surface area contributed by atoms with Crippen molar-refractivity contribution in [2.75, 3.05) is 18.0 Å². The number of fused-ring (bicyclic) bond motifs is 1. The van der Waals surface area contributed by atoms with E-state index < -0.39 is 0 Å². The molecule has 1 aromatic carbocycles. The van der Waals surface area contributed by atoms with E-state index in [1.807, 2.05) is 18.3 Å². The van der Waals surface area contributed by atoms with Gasteiger partial charge in [-0.3, -0.25) is 0 Å². The predicted octanol–water partition coefficient (Wildman–Crippen LogP) is 2.34. The lowest BCUT2D eigenvalue weighted by Gasteiger charge is -2.39. The van der Waals surface area contributed by atoms with Crippen LogP contribution in [0.2, 0.25) is 0 Å². The van der Waals surface area contributed by atoms with Gasteiger partial charge in [-0.25, -0.2) is 0 Å². The van der Waals surface area contributed by atoms with E-state index in [1.165, 1.54) is 30.3 Å². The fraction of sp³-hybridized carbons (Fsp3) is 0.467. The van der Waals surface area contributed by atoms with E-state index >= 15 is 0 Å². The lowest BCUT2D eigenvalue weighted by Crippen LogP contribution is -2.41. The van der Waals surface area contributed by atoms with Crippen LogP contribution >= 0.6 is 0 Å². The van der Waals surface area contributed by atoms with Gasteiger partial charge in [0.1, 0.15) is 0 Å². The minimum atomic E-state index is 0.652. The second-order valence-electron chi connectivity index (χ2n) is 5.17. The molecule has 0 spiro atoms. The first-order valence-corrected chi connectivity index (χ1v) is 7.07. The summed E-state index contributed by atoms with van der Waals surface area (Å²) in [6, 6.07) is 8.88. The van der Waals surface area contributed by atoms with Crippen molar-refractivity contribution in [1.29, 1.82) is 0 Å². The van der Waals surface area contributed by atoms with Gasteiger partial charge in [-0.2, -0.15) is 10.2 Å². The van der Waals surface area contributed by atoms with Gasteiger partial charge in [0.05, 0.1) is 17.4 Å². The maximum Gasteiger partial charge on any atom is 0.0950 e. The summed E-state index contributed by atoms with van der Waals surface area (Å²) in [7, 11) is 0. The van der Waals surface area contributed by atoms with Crippen LogP contribution in [-0.2, 0) is 0 Å². The van der Waals surface area contributed by atoms with Crippen molar-refractivity contribution in [2.45, 2.75) is 31.7 Å². The molecule has 2 N–H and O–H groups in total. The Morgan fingerprint density at radius 3 is 2.84 bits per heavy atom. The molecule has 1 aliphatic rings. The van der Waals surface area contributed by atoms with E-state index in [0.717, 1.165) is 25.0 Å². The summed E-state index contributed by atoms with van der Waals surface area (Å²) in [6.07, 6.45) is 6.81. The highest BCUT2D eigenvalue weighted by Gasteiger charge is 2.26. The molecule has 0 unspecified atom stereocenters. The van der Waals surface area contributed by atoms with Crippen LogP contribution < -0.4 is 10.6 Å². The molecule has 2 aromatic rings. The van der Waals surface area contributed by atoms with Crippen LogP contribution in [0.4, 0.5) is 5.69 Å². The minimum absolute atomic E-state index is 0.652. The molecule has 1 heterocycles. The molecule has 1 saturated carbocycles. The summed E-state index contributed by atoms with van der Waals surface area (Å²) < 4.78 is 0. The molecule has 0 bridgehead atoms. The molecule has 1 aromatic heterocycles. The highest BCUT2D eigenvalue weighted by molar-refractivity contribution is 5.90. The van der Waals surface area contributed by atoms with Crippen molar-refractivity contribution < 1.29 is 0 Å². The molecule has 0 radical (unpaired) electrons. The van der Waals surface area contributed by atoms with E-state index in [4.69, 9.17) is 5.73 Å². The number of hydrogen-bond donors (Lipinski definition) is 1. The molecular formula is C15H20N4. The van der Waals surface area contributed by atoms with Gasteiger partial charge in [0.25, 0.3) is 0 Å². The lowest BCUT2D eigenvalue weighted by atomic mass is 9.90. The molecule has 3 rings (SSSR count). The fourth-order valence-corrected chi connectivity index (χ4v) is 2.68. The number of nitrogens with zero attached hydrogens (tertiary/aromatic N) is 3. The van der Waals surface area contributed by atoms with Crippen LogP contribution in [-0.4, -0.2) is 29.3 Å². The second-order valence-corrected chi connectivity index (χ2v) is 5.17. The summed E-state index contributed by atoms with van der Waals surface area (Å²) in [5.41, 5.74) is 7.85. The molecule has 1 fully saturated rings. The highest BCUT2D eigenvalue weighted by atomic mass is 15.2. The number of aromatic nitrogens is 2. The van der Waals surface area contributed by atoms with Crippen molar-refractivity contribution >= 4 is 16.6 Å². The molecular weight excluding hydrogens is 236 g/mol. The van der Waals surface area contributed by atoms with Crippen molar-refractivity contribution in [3.05, 3.63) is 30.5 Å². The Morgan fingerprint density at radius 2 is 2.11 bits per heavy atom. The fourth-order valence-electron chi connectivity index (χ4n) is 2.68. The molecule has 0 amide bonds. The van der Waals surface area contributed by atoms with Crippen molar-refractivity contribution in [2.24, 2.45) is 5.73 Å². The molecule has 0 aliphatic heterocycles. The van der Waals surface area contributed by atoms with Gasteiger partial charge in [-0.15, -0.1) is 0 Å². The predicted molar refractivity (Wildman–Crippen MR) is 78.2 cm³/mol. The molecule has 4 nitrogen and oxygen atoms in total. The molecule has 1 aliphatic carbocycles. The van der Waals surface area contributed by atoms with Gasteiger partial charge >= 0.3 is 0 Å². The van der Waals surface area contributed by atoms with Gasteiger partial charge in [-0.05, 0) is 38.3 Å². The van der Waals surface area contributed by atoms with Crippen molar-refractivity contribution in [3.63, 3.8) is 0 Å². The average Bonchev–Trinajstić information content (AvgIpc) is 2.41. The zero-order valence-corrected chi connectivity index (χ0v) is 11.1. The Balaban J connectivity index is 1.98. The summed E-state index contributed by atoms with van der Waals surface area (Å²) in [5, 5.41) is 9.56. The first-order valence-electron chi connectivity index (χ1n) is 7.07. The first kappa shape index (κ1) is 12.4. The summed E-state index contributed by atoms with van der Waals surface area (Å²) in [4.78, 5) is 2.48. The third-order valence-corrected chi connectivity index (χ3v) is 3.95. The number of hydrogen-bond acceptors (Lipinski definition) is 4. The Morgan fingerprint density at radius 1 is 1.26 bits per heavy atom. The Kier molecular flexibility index (Phi) is 3.60. The van der Waals surface area contributed by atoms with E-state index in [0.29, 0.717) is 6.04 Å². The van der Waals surface area contributed by atoms with Crippen LogP contribution in [0.5, 0.6) is 0 Å². The van der Waals surface area contributed by atoms with E-state index in [9.17, 15) is 0 Å². The quantitative estimate of drug-likeness (QED) is 0.892. The summed E-state index contributed by atoms with van der Waals surface area (Å²) >= 11 is 0. The normalized spacial score (nSPS) is 15.4. The average molecular weight is 256 g/mol. The van der Waals surface area contributed by atoms with Crippen LogP contribution in [0, 0.1) is 0 Å². The SMILES string of the molecule is NCCCN(c1cnnc2ccccc12)C1CCC1. The van der Waals surface area contributed by atoms with Crippen LogP contribution in [0.25, 0.3) is 10.9 Å². The van der Waals surface area contributed by atoms with Crippen LogP contribution in [0.15, 0.2) is 30.5 Å². The smallest absolute Gasteiger partial charge is 0.0950 e. The summed E-state index contributed by atoms with van der Waals surface area (Å²) in [5.74, 6) is 0. The van der Waals surface area contributed by atoms with Gasteiger partial charge in [0.2, 0.25) is 0 Å². The van der Waals surface area contributed by atoms with E-state index in [2.05, 4.69) is 27.2 Å². The number of anilines is 1. The monoisotopic (exact) mass is 256 g/mol. The maximum atomic E-state index is 5.67. The van der Waals surface area contributed by atoms with Gasteiger partial charge in [0, 0.05) is 18.0 Å². The largest absolute Gasteiger partial charge is 0.367 e. The minimum Gasteiger partial charge on any atom is -0.367 e. The number of benzene rings is 1. The molecule has 0 atom stereocenters. The third-order valence-electron chi connectivity index (χ3n) is 3.95. The number of nitrogens with two attached hydrogens (primary N) is 1. The first-order chi connectivity index (χ1) is 9.40. The van der Waals surface area contributed by atoms with Gasteiger partial charge in [-0.1, -0.05) is 18.2 Å². The Hall–Kier alpha value is -1.68. The van der Waals surface area contributed by atoms with Crippen LogP contribution in [0.3, 0.4) is 0 Å². The molecule has 4 heteroatoms. The van der Waals surface area contributed by atoms with Crippen LogP contribution in [0.1, 0.15) is 25.7 Å². The second kappa shape index (κ2) is 5.53. The van der Waals surface area contributed by atoms with Crippen molar-refractivity contribution in [1.82, 2.24) is 10.2 Å². The maximum absolute atomic E-state index is 5.67. The van der Waals surface area contributed by atoms with Gasteiger partial charge < -0.3 is 10.6 Å². The molecule has 0 saturated heterocycles. The Labute approximate surface area is 113 Å². The number of rotatable bonds is 5. The highest BCUT2D eigenvalue weighted by Crippen LogP contribution is 2.32. The molecule has 100 valence electrons. The zero-order valence-electron chi connectivity index (χ0n) is 11.1. The van der Waals surface area contributed by atoms with E-state index in [-0.39, 0.29) is 0 Å². The Bertz CT molecular complexity index is 545. The topological polar surface area (TPSA) is 55.0 Å². The third kappa shape index (κ3) is 2.40. The zero-order chi connectivity index (χ0) is 13.1. The standard InChI is InChI=1S/C15H20N4/c16-9-4-10-19(12-5-3-6-12)15-11-17-18-14-8-2-1-7-13(14)15/h1-2,7-8,11-12H,3-6,9-10,16H2. The van der Waals surface area contributed by atoms with Crippen molar-refractivity contribution in [3.8, 4) is 0 Å². The molecule has 19 heavy (non-hydrogen) atoms. The summed E-state index contributed by atoms with van der Waals surface area (Å²) in [6.45, 7) is 1.75. The van der Waals surface area contributed by atoms with Gasteiger partial charge in [0.15, 0.2) is 0 Å². The lowest BCUT2D eigenvalue weighted by molar-refractivity contribution is 0.385.